The van der Waals surface area contributed by atoms with E-state index in [0.717, 1.165) is 18.5 Å². The van der Waals surface area contributed by atoms with Gasteiger partial charge < -0.3 is 10.6 Å². The second-order valence-corrected chi connectivity index (χ2v) is 5.45. The van der Waals surface area contributed by atoms with Gasteiger partial charge in [-0.1, -0.05) is 31.5 Å². The maximum atomic E-state index is 12.2. The molecule has 1 atom stereocenters. The van der Waals surface area contributed by atoms with Crippen LogP contribution >= 0.6 is 0 Å². The van der Waals surface area contributed by atoms with E-state index in [2.05, 4.69) is 32.9 Å². The largest absolute Gasteiger partial charge is 0.369 e. The summed E-state index contributed by atoms with van der Waals surface area (Å²) in [6.45, 7) is 6.66. The molecule has 1 aliphatic rings. The molecule has 1 saturated heterocycles. The number of anilines is 1. The van der Waals surface area contributed by atoms with E-state index in [4.69, 9.17) is 5.73 Å². The van der Waals surface area contributed by atoms with Crippen LogP contribution in [-0.4, -0.2) is 18.4 Å². The minimum Gasteiger partial charge on any atom is -0.369 e. The highest BCUT2D eigenvalue weighted by Crippen LogP contribution is 2.33. The van der Waals surface area contributed by atoms with Crippen LogP contribution in [0.5, 0.6) is 0 Å². The van der Waals surface area contributed by atoms with Crippen molar-refractivity contribution in [2.24, 2.45) is 11.7 Å². The lowest BCUT2D eigenvalue weighted by Gasteiger charge is -2.24. The predicted octanol–water partition coefficient (Wildman–Crippen LogP) is 1.96. The van der Waals surface area contributed by atoms with E-state index >= 15 is 0 Å². The fraction of sp³-hybridized carbons (Fsp3) is 0.500. The lowest BCUT2D eigenvalue weighted by atomic mass is 9.98. The van der Waals surface area contributed by atoms with Gasteiger partial charge >= 0.3 is 0 Å². The van der Waals surface area contributed by atoms with Crippen molar-refractivity contribution in [2.75, 3.05) is 11.4 Å². The summed E-state index contributed by atoms with van der Waals surface area (Å²) >= 11 is 0. The molecule has 1 unspecified atom stereocenters. The van der Waals surface area contributed by atoms with Crippen molar-refractivity contribution in [3.8, 4) is 0 Å². The SMILES string of the molecule is CCc1cc(C)cc(CC)c1N1CC(C(N)=O)CC1=O. The maximum Gasteiger partial charge on any atom is 0.227 e. The van der Waals surface area contributed by atoms with Gasteiger partial charge in [-0.2, -0.15) is 0 Å². The summed E-state index contributed by atoms with van der Waals surface area (Å²) in [5.41, 5.74) is 9.89. The molecule has 0 spiro atoms. The molecule has 2 N–H and O–H groups in total. The average molecular weight is 274 g/mol. The number of primary amides is 1. The van der Waals surface area contributed by atoms with Gasteiger partial charge in [0.15, 0.2) is 0 Å². The molecule has 0 saturated carbocycles. The Hall–Kier alpha value is -1.84. The Labute approximate surface area is 119 Å². The molecule has 1 aliphatic heterocycles. The van der Waals surface area contributed by atoms with Crippen LogP contribution in [0.15, 0.2) is 12.1 Å². The van der Waals surface area contributed by atoms with Crippen LogP contribution < -0.4 is 10.6 Å². The molecule has 1 aromatic carbocycles. The normalized spacial score (nSPS) is 18.6. The van der Waals surface area contributed by atoms with Gasteiger partial charge in [0.25, 0.3) is 0 Å². The van der Waals surface area contributed by atoms with Gasteiger partial charge in [0.1, 0.15) is 0 Å². The molecule has 4 nitrogen and oxygen atoms in total. The van der Waals surface area contributed by atoms with Crippen LogP contribution in [-0.2, 0) is 22.4 Å². The van der Waals surface area contributed by atoms with E-state index in [1.807, 2.05) is 0 Å². The zero-order valence-corrected chi connectivity index (χ0v) is 12.4. The van der Waals surface area contributed by atoms with E-state index in [0.29, 0.717) is 6.54 Å². The van der Waals surface area contributed by atoms with Crippen molar-refractivity contribution < 1.29 is 9.59 Å². The summed E-state index contributed by atoms with van der Waals surface area (Å²) in [7, 11) is 0. The molecule has 0 aromatic heterocycles. The summed E-state index contributed by atoms with van der Waals surface area (Å²) in [6.07, 6.45) is 1.97. The number of nitrogens with two attached hydrogens (primary N) is 1. The van der Waals surface area contributed by atoms with Gasteiger partial charge in [-0.05, 0) is 30.9 Å². The molecule has 4 heteroatoms. The quantitative estimate of drug-likeness (QED) is 0.912. The molecule has 20 heavy (non-hydrogen) atoms. The molecular weight excluding hydrogens is 252 g/mol. The van der Waals surface area contributed by atoms with Crippen molar-refractivity contribution in [1.82, 2.24) is 0 Å². The second-order valence-electron chi connectivity index (χ2n) is 5.45. The van der Waals surface area contributed by atoms with Crippen molar-refractivity contribution in [2.45, 2.75) is 40.0 Å². The number of benzene rings is 1. The lowest BCUT2D eigenvalue weighted by Crippen LogP contribution is -2.29. The molecule has 0 radical (unpaired) electrons. The van der Waals surface area contributed by atoms with E-state index in [1.165, 1.54) is 16.7 Å². The highest BCUT2D eigenvalue weighted by molar-refractivity contribution is 6.01. The molecular formula is C16H22N2O2. The van der Waals surface area contributed by atoms with Gasteiger partial charge in [-0.3, -0.25) is 9.59 Å². The van der Waals surface area contributed by atoms with Crippen LogP contribution in [0.3, 0.4) is 0 Å². The highest BCUT2D eigenvalue weighted by atomic mass is 16.2. The summed E-state index contributed by atoms with van der Waals surface area (Å²) in [5.74, 6) is -0.746. The zero-order valence-electron chi connectivity index (χ0n) is 12.4. The monoisotopic (exact) mass is 274 g/mol. The number of carbonyl (C=O) groups excluding carboxylic acids is 2. The van der Waals surface area contributed by atoms with Gasteiger partial charge in [-0.15, -0.1) is 0 Å². The van der Waals surface area contributed by atoms with E-state index in [-0.39, 0.29) is 24.2 Å². The maximum absolute atomic E-state index is 12.2. The smallest absolute Gasteiger partial charge is 0.227 e. The Morgan fingerprint density at radius 1 is 1.30 bits per heavy atom. The average Bonchev–Trinajstić information content (AvgIpc) is 2.79. The summed E-state index contributed by atoms with van der Waals surface area (Å²) in [5, 5.41) is 0. The summed E-state index contributed by atoms with van der Waals surface area (Å²) in [6, 6.07) is 4.25. The van der Waals surface area contributed by atoms with Crippen LogP contribution in [0.25, 0.3) is 0 Å². The second kappa shape index (κ2) is 5.65. The van der Waals surface area contributed by atoms with Crippen LogP contribution in [0.4, 0.5) is 5.69 Å². The Bertz CT molecular complexity index is 526. The Balaban J connectivity index is 2.46. The number of hydrogen-bond acceptors (Lipinski definition) is 2. The third kappa shape index (κ3) is 2.55. The first kappa shape index (κ1) is 14.6. The molecule has 1 fully saturated rings. The molecule has 1 heterocycles. The van der Waals surface area contributed by atoms with Crippen LogP contribution in [0, 0.1) is 12.8 Å². The number of aryl methyl sites for hydroxylation is 3. The van der Waals surface area contributed by atoms with Gasteiger partial charge in [-0.25, -0.2) is 0 Å². The van der Waals surface area contributed by atoms with E-state index in [1.54, 1.807) is 4.90 Å². The first-order valence-corrected chi connectivity index (χ1v) is 7.20. The zero-order chi connectivity index (χ0) is 14.9. The lowest BCUT2D eigenvalue weighted by molar-refractivity contribution is -0.123. The Kier molecular flexibility index (Phi) is 4.12. The van der Waals surface area contributed by atoms with Gasteiger partial charge in [0.2, 0.25) is 11.8 Å². The predicted molar refractivity (Wildman–Crippen MR) is 79.6 cm³/mol. The highest BCUT2D eigenvalue weighted by Gasteiger charge is 2.35. The molecule has 0 aliphatic carbocycles. The Morgan fingerprint density at radius 2 is 1.85 bits per heavy atom. The summed E-state index contributed by atoms with van der Waals surface area (Å²) in [4.78, 5) is 25.3. The third-order valence-corrected chi connectivity index (χ3v) is 3.97. The van der Waals surface area contributed by atoms with E-state index in [9.17, 15) is 9.59 Å². The number of nitrogens with zero attached hydrogens (tertiary/aromatic N) is 1. The fourth-order valence-corrected chi connectivity index (χ4v) is 2.93. The molecule has 2 rings (SSSR count). The summed E-state index contributed by atoms with van der Waals surface area (Å²) < 4.78 is 0. The molecule has 0 bridgehead atoms. The van der Waals surface area contributed by atoms with Crippen molar-refractivity contribution in [1.29, 1.82) is 0 Å². The van der Waals surface area contributed by atoms with Crippen LogP contribution in [0.2, 0.25) is 0 Å². The molecule has 108 valence electrons. The number of carbonyl (C=O) groups is 2. The minimum absolute atomic E-state index is 0.00190. The number of amides is 2. The topological polar surface area (TPSA) is 63.4 Å². The van der Waals surface area contributed by atoms with E-state index < -0.39 is 0 Å². The van der Waals surface area contributed by atoms with Crippen molar-refractivity contribution in [3.05, 3.63) is 28.8 Å². The number of rotatable bonds is 4. The third-order valence-electron chi connectivity index (χ3n) is 3.97. The molecule has 2 amide bonds. The van der Waals surface area contributed by atoms with Crippen molar-refractivity contribution in [3.63, 3.8) is 0 Å². The first-order valence-electron chi connectivity index (χ1n) is 7.20. The standard InChI is InChI=1S/C16H22N2O2/c1-4-11-6-10(3)7-12(5-2)15(11)18-9-13(16(17)20)8-14(18)19/h6-7,13H,4-5,8-9H2,1-3H3,(H2,17,20). The van der Waals surface area contributed by atoms with Gasteiger partial charge in [0, 0.05) is 13.0 Å². The van der Waals surface area contributed by atoms with Gasteiger partial charge in [0.05, 0.1) is 11.6 Å². The Morgan fingerprint density at radius 3 is 2.25 bits per heavy atom. The first-order chi connectivity index (χ1) is 9.47. The fourth-order valence-electron chi connectivity index (χ4n) is 2.93. The van der Waals surface area contributed by atoms with Crippen molar-refractivity contribution >= 4 is 17.5 Å². The molecule has 1 aromatic rings. The van der Waals surface area contributed by atoms with Crippen LogP contribution in [0.1, 0.15) is 37.0 Å². The minimum atomic E-state index is -0.385. The number of hydrogen-bond donors (Lipinski definition) is 1.